The highest BCUT2D eigenvalue weighted by molar-refractivity contribution is 5.94. The van der Waals surface area contributed by atoms with E-state index in [0.29, 0.717) is 24.2 Å². The van der Waals surface area contributed by atoms with Gasteiger partial charge in [-0.15, -0.1) is 12.4 Å². The van der Waals surface area contributed by atoms with Crippen molar-refractivity contribution in [1.82, 2.24) is 4.90 Å². The second-order valence-electron chi connectivity index (χ2n) is 4.59. The van der Waals surface area contributed by atoms with Crippen LogP contribution >= 0.6 is 12.4 Å². The normalized spacial score (nSPS) is 16.3. The number of carbonyl (C=O) groups excluding carboxylic acids is 1. The van der Waals surface area contributed by atoms with Crippen LogP contribution in [0.4, 0.5) is 4.39 Å². The van der Waals surface area contributed by atoms with Gasteiger partial charge in [0, 0.05) is 24.7 Å². The van der Waals surface area contributed by atoms with Crippen molar-refractivity contribution in [3.05, 3.63) is 35.1 Å². The maximum absolute atomic E-state index is 13.4. The first-order chi connectivity index (χ1) is 8.08. The zero-order valence-electron chi connectivity index (χ0n) is 10.4. The van der Waals surface area contributed by atoms with Crippen molar-refractivity contribution in [3.8, 4) is 0 Å². The molecule has 1 aliphatic rings. The van der Waals surface area contributed by atoms with Gasteiger partial charge < -0.3 is 10.6 Å². The van der Waals surface area contributed by atoms with Gasteiger partial charge in [0.25, 0.3) is 5.91 Å². The molecular weight excluding hydrogens is 255 g/mol. The van der Waals surface area contributed by atoms with Crippen LogP contribution in [-0.2, 0) is 0 Å². The maximum Gasteiger partial charge on any atom is 0.253 e. The molecule has 1 amide bonds. The van der Waals surface area contributed by atoms with Crippen LogP contribution in [0.3, 0.4) is 0 Å². The molecule has 5 heteroatoms. The van der Waals surface area contributed by atoms with Crippen molar-refractivity contribution in [2.75, 3.05) is 13.1 Å². The molecule has 0 unspecified atom stereocenters. The summed E-state index contributed by atoms with van der Waals surface area (Å²) in [4.78, 5) is 13.8. The smallest absolute Gasteiger partial charge is 0.253 e. The molecule has 1 heterocycles. The summed E-state index contributed by atoms with van der Waals surface area (Å²) in [6.07, 6.45) is 1.64. The number of hydrogen-bond donors (Lipinski definition) is 1. The summed E-state index contributed by atoms with van der Waals surface area (Å²) in [5, 5.41) is 0. The van der Waals surface area contributed by atoms with E-state index < -0.39 is 0 Å². The summed E-state index contributed by atoms with van der Waals surface area (Å²) in [5.74, 6) is -0.430. The Morgan fingerprint density at radius 1 is 1.39 bits per heavy atom. The molecule has 1 aliphatic heterocycles. The van der Waals surface area contributed by atoms with E-state index in [1.54, 1.807) is 24.0 Å². The second-order valence-corrected chi connectivity index (χ2v) is 4.59. The molecule has 2 rings (SSSR count). The van der Waals surface area contributed by atoms with Crippen LogP contribution in [0, 0.1) is 12.7 Å². The van der Waals surface area contributed by atoms with E-state index in [9.17, 15) is 9.18 Å². The highest BCUT2D eigenvalue weighted by Gasteiger charge is 2.21. The lowest BCUT2D eigenvalue weighted by Gasteiger charge is -2.30. The summed E-state index contributed by atoms with van der Waals surface area (Å²) in [6.45, 7) is 3.01. The average Bonchev–Trinajstić information content (AvgIpc) is 2.33. The Balaban J connectivity index is 0.00000162. The predicted molar refractivity (Wildman–Crippen MR) is 71.5 cm³/mol. The minimum atomic E-state index is -0.329. The molecule has 0 atom stereocenters. The Labute approximate surface area is 113 Å². The lowest BCUT2D eigenvalue weighted by atomic mass is 10.0. The van der Waals surface area contributed by atoms with Gasteiger partial charge >= 0.3 is 0 Å². The summed E-state index contributed by atoms with van der Waals surface area (Å²) in [6, 6.07) is 4.81. The molecule has 1 fully saturated rings. The molecule has 0 radical (unpaired) electrons. The highest BCUT2D eigenvalue weighted by Crippen LogP contribution is 2.15. The quantitative estimate of drug-likeness (QED) is 0.851. The summed E-state index contributed by atoms with van der Waals surface area (Å²) in [7, 11) is 0. The number of nitrogens with zero attached hydrogens (tertiary/aromatic N) is 1. The second kappa shape index (κ2) is 6.16. The van der Waals surface area contributed by atoms with Crippen LogP contribution in [-0.4, -0.2) is 29.9 Å². The molecular formula is C13H18ClFN2O. The number of aryl methyl sites for hydroxylation is 1. The average molecular weight is 273 g/mol. The SMILES string of the molecule is Cc1ccc(C(=O)N2CCC(N)CC2)cc1F.Cl. The Hall–Kier alpha value is -1.13. The van der Waals surface area contributed by atoms with Crippen LogP contribution < -0.4 is 5.73 Å². The molecule has 1 aromatic carbocycles. The van der Waals surface area contributed by atoms with Gasteiger partial charge in [0.2, 0.25) is 0 Å². The monoisotopic (exact) mass is 272 g/mol. The molecule has 2 N–H and O–H groups in total. The molecule has 0 spiro atoms. The largest absolute Gasteiger partial charge is 0.339 e. The maximum atomic E-state index is 13.4. The number of nitrogens with two attached hydrogens (primary N) is 1. The van der Waals surface area contributed by atoms with Gasteiger partial charge in [-0.3, -0.25) is 4.79 Å². The third-order valence-corrected chi connectivity index (χ3v) is 3.25. The van der Waals surface area contributed by atoms with Crippen molar-refractivity contribution >= 4 is 18.3 Å². The fourth-order valence-electron chi connectivity index (χ4n) is 2.01. The fraction of sp³-hybridized carbons (Fsp3) is 0.462. The molecule has 1 saturated heterocycles. The van der Waals surface area contributed by atoms with Crippen LogP contribution in [0.15, 0.2) is 18.2 Å². The molecule has 0 saturated carbocycles. The van der Waals surface area contributed by atoms with Crippen molar-refractivity contribution in [1.29, 1.82) is 0 Å². The number of rotatable bonds is 1. The number of piperidine rings is 1. The van der Waals surface area contributed by atoms with Crippen LogP contribution in [0.2, 0.25) is 0 Å². The standard InChI is InChI=1S/C13H17FN2O.ClH/c1-9-2-3-10(8-12(9)14)13(17)16-6-4-11(15)5-7-16;/h2-3,8,11H,4-7,15H2,1H3;1H. The van der Waals surface area contributed by atoms with Crippen LogP contribution in [0.5, 0.6) is 0 Å². The van der Waals surface area contributed by atoms with E-state index in [-0.39, 0.29) is 30.2 Å². The van der Waals surface area contributed by atoms with Gasteiger partial charge in [-0.05, 0) is 37.5 Å². The van der Waals surface area contributed by atoms with Crippen molar-refractivity contribution in [2.24, 2.45) is 5.73 Å². The first-order valence-electron chi connectivity index (χ1n) is 5.89. The molecule has 0 aliphatic carbocycles. The molecule has 0 bridgehead atoms. The molecule has 3 nitrogen and oxygen atoms in total. The Kier molecular flexibility index (Phi) is 5.11. The number of likely N-dealkylation sites (tertiary alicyclic amines) is 1. The molecule has 18 heavy (non-hydrogen) atoms. The molecule has 100 valence electrons. The minimum Gasteiger partial charge on any atom is -0.339 e. The summed E-state index contributed by atoms with van der Waals surface area (Å²) < 4.78 is 13.4. The highest BCUT2D eigenvalue weighted by atomic mass is 35.5. The van der Waals surface area contributed by atoms with E-state index in [1.165, 1.54) is 6.07 Å². The Bertz CT molecular complexity index is 431. The van der Waals surface area contributed by atoms with E-state index in [1.807, 2.05) is 0 Å². The molecule has 0 aromatic heterocycles. The first kappa shape index (κ1) is 14.9. The van der Waals surface area contributed by atoms with Gasteiger partial charge in [-0.25, -0.2) is 4.39 Å². The topological polar surface area (TPSA) is 46.3 Å². The van der Waals surface area contributed by atoms with Crippen LogP contribution in [0.1, 0.15) is 28.8 Å². The van der Waals surface area contributed by atoms with Gasteiger partial charge in [0.15, 0.2) is 0 Å². The number of carbonyl (C=O) groups is 1. The van der Waals surface area contributed by atoms with Gasteiger partial charge in [0.05, 0.1) is 0 Å². The van der Waals surface area contributed by atoms with E-state index in [2.05, 4.69) is 0 Å². The number of amides is 1. The lowest BCUT2D eigenvalue weighted by Crippen LogP contribution is -2.42. The fourth-order valence-corrected chi connectivity index (χ4v) is 2.01. The van der Waals surface area contributed by atoms with Crippen molar-refractivity contribution in [3.63, 3.8) is 0 Å². The van der Waals surface area contributed by atoms with Gasteiger partial charge in [-0.1, -0.05) is 6.07 Å². The predicted octanol–water partition coefficient (Wildman–Crippen LogP) is 2.12. The van der Waals surface area contributed by atoms with Crippen molar-refractivity contribution in [2.45, 2.75) is 25.8 Å². The Morgan fingerprint density at radius 2 is 2.00 bits per heavy atom. The first-order valence-corrected chi connectivity index (χ1v) is 5.89. The van der Waals surface area contributed by atoms with E-state index in [0.717, 1.165) is 12.8 Å². The summed E-state index contributed by atoms with van der Waals surface area (Å²) >= 11 is 0. The van der Waals surface area contributed by atoms with Gasteiger partial charge in [-0.2, -0.15) is 0 Å². The van der Waals surface area contributed by atoms with Gasteiger partial charge in [0.1, 0.15) is 5.82 Å². The summed E-state index contributed by atoms with van der Waals surface area (Å²) in [5.41, 5.74) is 6.76. The lowest BCUT2D eigenvalue weighted by molar-refractivity contribution is 0.0714. The number of benzene rings is 1. The van der Waals surface area contributed by atoms with Crippen LogP contribution in [0.25, 0.3) is 0 Å². The van der Waals surface area contributed by atoms with Crippen molar-refractivity contribution < 1.29 is 9.18 Å². The third-order valence-electron chi connectivity index (χ3n) is 3.25. The van der Waals surface area contributed by atoms with E-state index >= 15 is 0 Å². The zero-order chi connectivity index (χ0) is 12.4. The number of halogens is 2. The zero-order valence-corrected chi connectivity index (χ0v) is 11.2. The number of hydrogen-bond acceptors (Lipinski definition) is 2. The van der Waals surface area contributed by atoms with E-state index in [4.69, 9.17) is 5.73 Å². The third kappa shape index (κ3) is 3.21. The Morgan fingerprint density at radius 3 is 2.56 bits per heavy atom. The minimum absolute atomic E-state index is 0. The molecule has 1 aromatic rings.